The number of aldehydes is 1. The Bertz CT molecular complexity index is 237. The van der Waals surface area contributed by atoms with E-state index < -0.39 is 0 Å². The van der Waals surface area contributed by atoms with Crippen LogP contribution in [0.15, 0.2) is 0 Å². The molecular formula is C16H27GaO. The van der Waals surface area contributed by atoms with Crippen molar-refractivity contribution in [3.8, 4) is 0 Å². The van der Waals surface area contributed by atoms with Crippen LogP contribution in [0, 0.1) is 23.7 Å². The van der Waals surface area contributed by atoms with Crippen molar-refractivity contribution in [1.82, 2.24) is 0 Å². The molecule has 0 N–H and O–H groups in total. The predicted octanol–water partition coefficient (Wildman–Crippen LogP) is 4.17. The van der Waals surface area contributed by atoms with Crippen LogP contribution in [-0.4, -0.2) is 24.9 Å². The average molecular weight is 305 g/mol. The van der Waals surface area contributed by atoms with Gasteiger partial charge in [-0.05, 0) is 0 Å². The van der Waals surface area contributed by atoms with E-state index in [-0.39, 0.29) is 0 Å². The van der Waals surface area contributed by atoms with Gasteiger partial charge in [-0.25, -0.2) is 0 Å². The van der Waals surface area contributed by atoms with E-state index in [0.29, 0.717) is 5.92 Å². The predicted molar refractivity (Wildman–Crippen MR) is 76.8 cm³/mol. The first kappa shape index (κ1) is 14.7. The molecule has 0 aromatic carbocycles. The fraction of sp³-hybridized carbons (Fsp3) is 0.938. The molecule has 0 aromatic heterocycles. The number of carbonyl (C=O) groups excluding carboxylic acids is 1. The molecule has 2 heteroatoms. The van der Waals surface area contributed by atoms with Crippen LogP contribution >= 0.6 is 0 Å². The van der Waals surface area contributed by atoms with Gasteiger partial charge >= 0.3 is 118 Å². The molecule has 0 atom stereocenters. The zero-order valence-corrected chi connectivity index (χ0v) is 14.1. The first-order chi connectivity index (χ1) is 8.81. The van der Waals surface area contributed by atoms with E-state index in [1.165, 1.54) is 75.5 Å². The molecule has 100 valence electrons. The fourth-order valence-corrected chi connectivity index (χ4v) is 4.83. The van der Waals surface area contributed by atoms with Crippen LogP contribution < -0.4 is 0 Å². The Hall–Kier alpha value is 0.306. The molecule has 18 heavy (non-hydrogen) atoms. The summed E-state index contributed by atoms with van der Waals surface area (Å²) in [6.45, 7) is 0. The third kappa shape index (κ3) is 4.45. The molecule has 0 unspecified atom stereocenters. The molecule has 2 aliphatic rings. The molecular weight excluding hydrogens is 278 g/mol. The Morgan fingerprint density at radius 1 is 0.778 bits per heavy atom. The van der Waals surface area contributed by atoms with Crippen molar-refractivity contribution in [2.75, 3.05) is 0 Å². The number of hydrogen-bond acceptors (Lipinski definition) is 1. The van der Waals surface area contributed by atoms with E-state index in [2.05, 4.69) is 0 Å². The molecule has 0 aliphatic heterocycles. The Morgan fingerprint density at radius 3 is 1.67 bits per heavy atom. The Morgan fingerprint density at radius 2 is 1.22 bits per heavy atom. The molecule has 0 spiro atoms. The van der Waals surface area contributed by atoms with Gasteiger partial charge in [0.15, 0.2) is 0 Å². The number of rotatable bonds is 5. The van der Waals surface area contributed by atoms with E-state index in [1.54, 1.807) is 0 Å². The Kier molecular flexibility index (Phi) is 6.37. The van der Waals surface area contributed by atoms with Crippen molar-refractivity contribution in [1.29, 1.82) is 0 Å². The molecule has 2 fully saturated rings. The molecule has 2 radical (unpaired) electrons. The molecule has 0 saturated heterocycles. The van der Waals surface area contributed by atoms with Crippen LogP contribution in [0.1, 0.15) is 64.2 Å². The summed E-state index contributed by atoms with van der Waals surface area (Å²) in [5, 5.41) is 0. The molecule has 1 nitrogen and oxygen atoms in total. The van der Waals surface area contributed by atoms with Crippen molar-refractivity contribution in [2.24, 2.45) is 23.7 Å². The topological polar surface area (TPSA) is 17.1 Å². The maximum atomic E-state index is 10.7. The Labute approximate surface area is 122 Å². The van der Waals surface area contributed by atoms with Gasteiger partial charge in [0.05, 0.1) is 0 Å². The first-order valence-electron chi connectivity index (χ1n) is 7.97. The maximum absolute atomic E-state index is 10.7. The van der Waals surface area contributed by atoms with Gasteiger partial charge in [0, 0.05) is 0 Å². The molecule has 0 aromatic rings. The van der Waals surface area contributed by atoms with Gasteiger partial charge in [-0.2, -0.15) is 0 Å². The SMILES string of the molecule is O=CC1CCC(CCC2CCC([CH2][Ga])CC2)CC1. The van der Waals surface area contributed by atoms with Gasteiger partial charge in [0.2, 0.25) is 0 Å². The average Bonchev–Trinajstić information content (AvgIpc) is 2.46. The van der Waals surface area contributed by atoms with Gasteiger partial charge in [0.1, 0.15) is 0 Å². The summed E-state index contributed by atoms with van der Waals surface area (Å²) < 4.78 is 0. The van der Waals surface area contributed by atoms with Crippen LogP contribution in [0.4, 0.5) is 0 Å². The van der Waals surface area contributed by atoms with E-state index in [0.717, 1.165) is 17.8 Å². The summed E-state index contributed by atoms with van der Waals surface area (Å²) in [5.74, 6) is 3.42. The van der Waals surface area contributed by atoms with E-state index in [4.69, 9.17) is 0 Å². The summed E-state index contributed by atoms with van der Waals surface area (Å²) in [7, 11) is 0. The quantitative estimate of drug-likeness (QED) is 0.550. The van der Waals surface area contributed by atoms with Crippen molar-refractivity contribution in [2.45, 2.75) is 69.2 Å². The second-order valence-electron chi connectivity index (χ2n) is 6.62. The third-order valence-electron chi connectivity index (χ3n) is 5.37. The molecule has 2 rings (SSSR count). The fourth-order valence-electron chi connectivity index (χ4n) is 3.84. The number of hydrogen-bond donors (Lipinski definition) is 0. The van der Waals surface area contributed by atoms with Crippen molar-refractivity contribution in [3.63, 3.8) is 0 Å². The summed E-state index contributed by atoms with van der Waals surface area (Å²) in [6.07, 6.45) is 15.1. The van der Waals surface area contributed by atoms with E-state index >= 15 is 0 Å². The second kappa shape index (κ2) is 7.79. The van der Waals surface area contributed by atoms with Gasteiger partial charge in [-0.3, -0.25) is 0 Å². The van der Waals surface area contributed by atoms with E-state index in [9.17, 15) is 4.79 Å². The van der Waals surface area contributed by atoms with Gasteiger partial charge < -0.3 is 4.79 Å². The van der Waals surface area contributed by atoms with E-state index in [1.807, 2.05) is 18.6 Å². The minimum atomic E-state index is 0.392. The summed E-state index contributed by atoms with van der Waals surface area (Å²) >= 11 is 1.92. The van der Waals surface area contributed by atoms with Crippen LogP contribution in [0.2, 0.25) is 4.98 Å². The van der Waals surface area contributed by atoms with Crippen molar-refractivity contribution < 1.29 is 4.79 Å². The zero-order valence-electron chi connectivity index (χ0n) is 11.7. The van der Waals surface area contributed by atoms with Gasteiger partial charge in [-0.15, -0.1) is 0 Å². The molecule has 0 amide bonds. The Balaban J connectivity index is 1.60. The standard InChI is InChI=1S/C16H27O.Ga/c1-13-2-4-14(5-3-13)6-7-15-8-10-16(12-17)11-9-15;/h12-16H,1-11H2;. The first-order valence-corrected chi connectivity index (χ1v) is 9.68. The second-order valence-corrected chi connectivity index (χ2v) is 7.61. The molecule has 2 saturated carbocycles. The summed E-state index contributed by atoms with van der Waals surface area (Å²) in [5.41, 5.74) is 0. The summed E-state index contributed by atoms with van der Waals surface area (Å²) in [6, 6.07) is 0. The van der Waals surface area contributed by atoms with Crippen LogP contribution in [0.5, 0.6) is 0 Å². The van der Waals surface area contributed by atoms with Gasteiger partial charge in [-0.1, -0.05) is 0 Å². The zero-order chi connectivity index (χ0) is 12.8. The normalized spacial score (nSPS) is 37.3. The molecule has 0 bridgehead atoms. The molecule has 0 heterocycles. The van der Waals surface area contributed by atoms with Crippen molar-refractivity contribution in [3.05, 3.63) is 0 Å². The number of carbonyl (C=O) groups is 1. The molecule has 2 aliphatic carbocycles. The monoisotopic (exact) mass is 304 g/mol. The van der Waals surface area contributed by atoms with Crippen LogP contribution in [-0.2, 0) is 4.79 Å². The van der Waals surface area contributed by atoms with Crippen molar-refractivity contribution >= 4 is 24.9 Å². The van der Waals surface area contributed by atoms with Crippen LogP contribution in [0.3, 0.4) is 0 Å². The third-order valence-corrected chi connectivity index (χ3v) is 6.77. The minimum absolute atomic E-state index is 0.392. The van der Waals surface area contributed by atoms with Crippen LogP contribution in [0.25, 0.3) is 0 Å². The van der Waals surface area contributed by atoms with Gasteiger partial charge in [0.25, 0.3) is 0 Å². The summed E-state index contributed by atoms with van der Waals surface area (Å²) in [4.78, 5) is 12.2.